The quantitative estimate of drug-likeness (QED) is 0.905. The Labute approximate surface area is 134 Å². The van der Waals surface area contributed by atoms with Crippen molar-refractivity contribution in [2.24, 2.45) is 5.92 Å². The molecule has 114 valence electrons. The predicted octanol–water partition coefficient (Wildman–Crippen LogP) is 2.71. The van der Waals surface area contributed by atoms with Gasteiger partial charge in [0.1, 0.15) is 12.1 Å². The Bertz CT molecular complexity index is 530. The summed E-state index contributed by atoms with van der Waals surface area (Å²) in [5, 5.41) is 2.78. The van der Waals surface area contributed by atoms with Gasteiger partial charge in [0, 0.05) is 11.0 Å². The first-order valence-corrected chi connectivity index (χ1v) is 8.08. The Balaban J connectivity index is 2.27. The molecule has 0 radical (unpaired) electrons. The molecule has 0 aliphatic carbocycles. The van der Waals surface area contributed by atoms with E-state index in [1.165, 1.54) is 0 Å². The maximum atomic E-state index is 12.5. The second-order valence-corrected chi connectivity index (χ2v) is 6.57. The fourth-order valence-corrected chi connectivity index (χ4v) is 2.90. The molecule has 2 rings (SSSR count). The fourth-order valence-electron chi connectivity index (χ4n) is 2.64. The van der Waals surface area contributed by atoms with E-state index in [1.54, 1.807) is 11.8 Å². The van der Waals surface area contributed by atoms with Crippen LogP contribution in [0.4, 0.5) is 0 Å². The number of piperazine rings is 1. The van der Waals surface area contributed by atoms with Crippen molar-refractivity contribution in [3.63, 3.8) is 0 Å². The maximum absolute atomic E-state index is 12.5. The normalized spacial score (nSPS) is 23.9. The first-order valence-electron chi connectivity index (χ1n) is 7.29. The lowest BCUT2D eigenvalue weighted by molar-refractivity contribution is -0.151. The minimum absolute atomic E-state index is 0.0113. The van der Waals surface area contributed by atoms with Gasteiger partial charge in [0.2, 0.25) is 11.8 Å². The summed E-state index contributed by atoms with van der Waals surface area (Å²) >= 11 is 3.40. The lowest BCUT2D eigenvalue weighted by atomic mass is 9.93. The molecule has 4 nitrogen and oxygen atoms in total. The van der Waals surface area contributed by atoms with Crippen molar-refractivity contribution in [2.75, 3.05) is 0 Å². The zero-order chi connectivity index (χ0) is 15.6. The van der Waals surface area contributed by atoms with E-state index in [1.807, 2.05) is 38.1 Å². The van der Waals surface area contributed by atoms with E-state index in [2.05, 4.69) is 21.2 Å². The molecule has 1 heterocycles. The van der Waals surface area contributed by atoms with Gasteiger partial charge >= 0.3 is 0 Å². The zero-order valence-corrected chi connectivity index (χ0v) is 14.2. The summed E-state index contributed by atoms with van der Waals surface area (Å²) in [4.78, 5) is 26.5. The van der Waals surface area contributed by atoms with E-state index in [0.29, 0.717) is 6.54 Å². The van der Waals surface area contributed by atoms with Gasteiger partial charge in [-0.2, -0.15) is 0 Å². The summed E-state index contributed by atoms with van der Waals surface area (Å²) in [5.74, 6) is 0.0771. The van der Waals surface area contributed by atoms with Crippen LogP contribution < -0.4 is 5.32 Å². The fraction of sp³-hybridized carbons (Fsp3) is 0.500. The van der Waals surface area contributed by atoms with Crippen molar-refractivity contribution in [2.45, 2.75) is 45.8 Å². The molecular weight excluding hydrogens is 332 g/mol. The van der Waals surface area contributed by atoms with Crippen LogP contribution >= 0.6 is 15.9 Å². The molecule has 0 bridgehead atoms. The second-order valence-electron chi connectivity index (χ2n) is 5.65. The van der Waals surface area contributed by atoms with Crippen LogP contribution in [0.1, 0.15) is 32.8 Å². The van der Waals surface area contributed by atoms with E-state index in [9.17, 15) is 9.59 Å². The van der Waals surface area contributed by atoms with Crippen LogP contribution in [0, 0.1) is 5.92 Å². The molecule has 1 saturated heterocycles. The summed E-state index contributed by atoms with van der Waals surface area (Å²) in [6.07, 6.45) is 0.858. The molecule has 0 saturated carbocycles. The Morgan fingerprint density at radius 3 is 2.48 bits per heavy atom. The van der Waals surface area contributed by atoms with Gasteiger partial charge in [0.15, 0.2) is 0 Å². The number of hydrogen-bond acceptors (Lipinski definition) is 2. The van der Waals surface area contributed by atoms with Gasteiger partial charge in [0.05, 0.1) is 0 Å². The summed E-state index contributed by atoms with van der Waals surface area (Å²) in [5.41, 5.74) is 1.03. The third-order valence-corrected chi connectivity index (χ3v) is 4.59. The molecule has 2 amide bonds. The lowest BCUT2D eigenvalue weighted by Gasteiger charge is -2.40. The number of carbonyl (C=O) groups excluding carboxylic acids is 2. The molecule has 1 fully saturated rings. The standard InChI is InChI=1S/C16H21BrN2O2/c1-4-10(2)14-15(20)18-11(3)16(21)19(14)9-12-5-7-13(17)8-6-12/h5-8,10-11,14H,4,9H2,1-3H3,(H,18,20). The zero-order valence-electron chi connectivity index (χ0n) is 12.6. The van der Waals surface area contributed by atoms with E-state index in [4.69, 9.17) is 0 Å². The Kier molecular flexibility index (Phi) is 5.04. The molecule has 1 aliphatic rings. The number of amides is 2. The Hall–Kier alpha value is -1.36. The maximum Gasteiger partial charge on any atom is 0.245 e. The minimum atomic E-state index is -0.451. The average Bonchev–Trinajstić information content (AvgIpc) is 2.46. The average molecular weight is 353 g/mol. The SMILES string of the molecule is CCC(C)C1C(=O)NC(C)C(=O)N1Cc1ccc(Br)cc1. The highest BCUT2D eigenvalue weighted by Gasteiger charge is 2.40. The van der Waals surface area contributed by atoms with Crippen LogP contribution in [0.2, 0.25) is 0 Å². The Morgan fingerprint density at radius 2 is 1.90 bits per heavy atom. The molecule has 5 heteroatoms. The molecule has 3 unspecified atom stereocenters. The van der Waals surface area contributed by atoms with Gasteiger partial charge in [-0.3, -0.25) is 9.59 Å². The van der Waals surface area contributed by atoms with Crippen LogP contribution in [0.3, 0.4) is 0 Å². The van der Waals surface area contributed by atoms with Crippen molar-refractivity contribution in [1.29, 1.82) is 0 Å². The number of nitrogens with zero attached hydrogens (tertiary/aromatic N) is 1. The largest absolute Gasteiger partial charge is 0.343 e. The Morgan fingerprint density at radius 1 is 1.29 bits per heavy atom. The lowest BCUT2D eigenvalue weighted by Crippen LogP contribution is -2.63. The summed E-state index contributed by atoms with van der Waals surface area (Å²) in [6, 6.07) is 7.01. The van der Waals surface area contributed by atoms with Crippen molar-refractivity contribution in [3.8, 4) is 0 Å². The molecule has 0 spiro atoms. The molecule has 1 aliphatic heterocycles. The van der Waals surface area contributed by atoms with Gasteiger partial charge in [-0.05, 0) is 30.5 Å². The minimum Gasteiger partial charge on any atom is -0.343 e. The van der Waals surface area contributed by atoms with Crippen molar-refractivity contribution in [1.82, 2.24) is 10.2 Å². The van der Waals surface area contributed by atoms with Gasteiger partial charge < -0.3 is 10.2 Å². The van der Waals surface area contributed by atoms with Crippen LogP contribution in [0.5, 0.6) is 0 Å². The number of carbonyl (C=O) groups is 2. The number of nitrogens with one attached hydrogen (secondary N) is 1. The van der Waals surface area contributed by atoms with Crippen molar-refractivity contribution in [3.05, 3.63) is 34.3 Å². The first-order chi connectivity index (χ1) is 9.93. The third kappa shape index (κ3) is 3.46. The third-order valence-electron chi connectivity index (χ3n) is 4.07. The second kappa shape index (κ2) is 6.60. The molecule has 1 N–H and O–H groups in total. The highest BCUT2D eigenvalue weighted by molar-refractivity contribution is 9.10. The summed E-state index contributed by atoms with van der Waals surface area (Å²) in [6.45, 7) is 6.26. The highest BCUT2D eigenvalue weighted by Crippen LogP contribution is 2.23. The molecular formula is C16H21BrN2O2. The van der Waals surface area contributed by atoms with E-state index in [0.717, 1.165) is 16.5 Å². The predicted molar refractivity (Wildman–Crippen MR) is 85.5 cm³/mol. The number of rotatable bonds is 4. The monoisotopic (exact) mass is 352 g/mol. The van der Waals surface area contributed by atoms with Gasteiger partial charge in [0.25, 0.3) is 0 Å². The number of benzene rings is 1. The topological polar surface area (TPSA) is 49.4 Å². The number of halogens is 1. The number of hydrogen-bond donors (Lipinski definition) is 1. The summed E-state index contributed by atoms with van der Waals surface area (Å²) < 4.78 is 1.00. The molecule has 1 aromatic rings. The van der Waals surface area contributed by atoms with E-state index >= 15 is 0 Å². The molecule has 1 aromatic carbocycles. The highest BCUT2D eigenvalue weighted by atomic mass is 79.9. The van der Waals surface area contributed by atoms with E-state index in [-0.39, 0.29) is 23.8 Å². The molecule has 3 atom stereocenters. The van der Waals surface area contributed by atoms with Crippen LogP contribution in [0.25, 0.3) is 0 Å². The van der Waals surface area contributed by atoms with Gasteiger partial charge in [-0.15, -0.1) is 0 Å². The van der Waals surface area contributed by atoms with Gasteiger partial charge in [-0.25, -0.2) is 0 Å². The summed E-state index contributed by atoms with van der Waals surface area (Å²) in [7, 11) is 0. The van der Waals surface area contributed by atoms with Crippen molar-refractivity contribution >= 4 is 27.7 Å². The molecule has 0 aromatic heterocycles. The van der Waals surface area contributed by atoms with Crippen LogP contribution in [0.15, 0.2) is 28.7 Å². The van der Waals surface area contributed by atoms with E-state index < -0.39 is 6.04 Å². The van der Waals surface area contributed by atoms with Crippen molar-refractivity contribution < 1.29 is 9.59 Å². The smallest absolute Gasteiger partial charge is 0.245 e. The van der Waals surface area contributed by atoms with Gasteiger partial charge in [-0.1, -0.05) is 48.3 Å². The first kappa shape index (κ1) is 16.0. The van der Waals surface area contributed by atoms with Crippen LogP contribution in [-0.2, 0) is 16.1 Å². The molecule has 21 heavy (non-hydrogen) atoms. The van der Waals surface area contributed by atoms with Crippen LogP contribution in [-0.4, -0.2) is 28.8 Å².